The Morgan fingerprint density at radius 3 is 2.75 bits per heavy atom. The van der Waals surface area contributed by atoms with E-state index < -0.39 is 16.9 Å². The van der Waals surface area contributed by atoms with Crippen molar-refractivity contribution in [1.82, 2.24) is 24.5 Å². The zero-order chi connectivity index (χ0) is 20.1. The predicted molar refractivity (Wildman–Crippen MR) is 105 cm³/mol. The van der Waals surface area contributed by atoms with Gasteiger partial charge in [0.15, 0.2) is 0 Å². The van der Waals surface area contributed by atoms with E-state index in [-0.39, 0.29) is 6.54 Å². The number of aryl methyl sites for hydroxylation is 2. The lowest BCUT2D eigenvalue weighted by molar-refractivity contribution is 0.0333. The molecule has 2 heterocycles. The molecule has 1 atom stereocenters. The zero-order valence-electron chi connectivity index (χ0n) is 15.5. The van der Waals surface area contributed by atoms with Crippen LogP contribution >= 0.6 is 11.6 Å². The van der Waals surface area contributed by atoms with Crippen LogP contribution in [0.15, 0.2) is 52.3 Å². The predicted octanol–water partition coefficient (Wildman–Crippen LogP) is 1.71. The highest BCUT2D eigenvalue weighted by Crippen LogP contribution is 2.29. The van der Waals surface area contributed by atoms with Crippen molar-refractivity contribution in [1.29, 1.82) is 0 Å². The highest BCUT2D eigenvalue weighted by Gasteiger charge is 2.27. The van der Waals surface area contributed by atoms with Gasteiger partial charge in [0.05, 0.1) is 18.4 Å². The Bertz CT molecular complexity index is 1050. The van der Waals surface area contributed by atoms with Gasteiger partial charge < -0.3 is 9.67 Å². The number of nitrogens with one attached hydrogen (secondary N) is 1. The van der Waals surface area contributed by atoms with Gasteiger partial charge >= 0.3 is 5.69 Å². The topological polar surface area (TPSA) is 106 Å². The summed E-state index contributed by atoms with van der Waals surface area (Å²) in [6.45, 7) is 2.43. The fourth-order valence-corrected chi connectivity index (χ4v) is 3.43. The maximum Gasteiger partial charge on any atom is 0.328 e. The Morgan fingerprint density at radius 1 is 1.21 bits per heavy atom. The molecule has 0 aliphatic carbocycles. The normalized spacial score (nSPS) is 13.4. The Morgan fingerprint density at radius 2 is 2.00 bits per heavy atom. The van der Waals surface area contributed by atoms with Gasteiger partial charge in [0, 0.05) is 29.4 Å². The minimum Gasteiger partial charge on any atom is -0.383 e. The maximum atomic E-state index is 11.7. The summed E-state index contributed by atoms with van der Waals surface area (Å²) in [5.74, 6) is 0. The minimum atomic E-state index is -1.19. The first kappa shape index (κ1) is 20.0. The molecule has 0 radical (unpaired) electrons. The van der Waals surface area contributed by atoms with Crippen molar-refractivity contribution in [2.24, 2.45) is 0 Å². The summed E-state index contributed by atoms with van der Waals surface area (Å²) in [5.41, 5.74) is -0.474. The third-order valence-electron chi connectivity index (χ3n) is 4.59. The van der Waals surface area contributed by atoms with Crippen molar-refractivity contribution < 1.29 is 5.11 Å². The molecule has 0 spiro atoms. The number of hydrogen-bond donors (Lipinski definition) is 2. The molecule has 0 aliphatic heterocycles. The second kappa shape index (κ2) is 8.53. The smallest absolute Gasteiger partial charge is 0.328 e. The highest BCUT2D eigenvalue weighted by atomic mass is 35.5. The molecule has 0 fully saturated rings. The second-order valence-electron chi connectivity index (χ2n) is 6.90. The fraction of sp³-hybridized carbons (Fsp3) is 0.368. The van der Waals surface area contributed by atoms with Gasteiger partial charge in [0.2, 0.25) is 0 Å². The van der Waals surface area contributed by atoms with Crippen molar-refractivity contribution in [2.45, 2.75) is 44.9 Å². The van der Waals surface area contributed by atoms with E-state index in [1.807, 2.05) is 12.1 Å². The molecular weight excluding hydrogens is 382 g/mol. The number of aromatic amines is 1. The number of nitrogens with zero attached hydrogens (tertiary/aromatic N) is 4. The van der Waals surface area contributed by atoms with Gasteiger partial charge in [-0.2, -0.15) is 0 Å². The lowest BCUT2D eigenvalue weighted by Gasteiger charge is -2.25. The van der Waals surface area contributed by atoms with Crippen molar-refractivity contribution in [3.63, 3.8) is 0 Å². The van der Waals surface area contributed by atoms with Crippen LogP contribution in [0.5, 0.6) is 0 Å². The van der Waals surface area contributed by atoms with E-state index in [9.17, 15) is 14.7 Å². The number of halogens is 1. The van der Waals surface area contributed by atoms with E-state index in [4.69, 9.17) is 11.6 Å². The molecule has 0 unspecified atom stereocenters. The summed E-state index contributed by atoms with van der Waals surface area (Å²) in [7, 11) is 0. The van der Waals surface area contributed by atoms with Crippen molar-refractivity contribution >= 4 is 11.6 Å². The van der Waals surface area contributed by atoms with Gasteiger partial charge in [-0.1, -0.05) is 35.0 Å². The Kier molecular flexibility index (Phi) is 6.11. The highest BCUT2D eigenvalue weighted by molar-refractivity contribution is 6.31. The number of rotatable bonds is 8. The first-order valence-electron chi connectivity index (χ1n) is 9.01. The number of benzene rings is 1. The molecule has 9 heteroatoms. The number of hydrogen-bond acceptors (Lipinski definition) is 5. The van der Waals surface area contributed by atoms with Crippen LogP contribution in [0.3, 0.4) is 0 Å². The molecule has 148 valence electrons. The van der Waals surface area contributed by atoms with E-state index in [1.165, 1.54) is 16.8 Å². The summed E-state index contributed by atoms with van der Waals surface area (Å²) < 4.78 is 3.15. The maximum absolute atomic E-state index is 11.7. The van der Waals surface area contributed by atoms with Crippen LogP contribution in [-0.4, -0.2) is 29.7 Å². The molecular formula is C19H22ClN5O3. The molecule has 0 amide bonds. The van der Waals surface area contributed by atoms with Crippen LogP contribution in [-0.2, 0) is 25.1 Å². The van der Waals surface area contributed by atoms with Crippen molar-refractivity contribution in [3.8, 4) is 0 Å². The second-order valence-corrected chi connectivity index (χ2v) is 7.30. The SMILES string of the molecule is C[C@@](O)(Cn1nncc1CCCCn1ccc(=O)[nH]c1=O)c1ccccc1Cl. The van der Waals surface area contributed by atoms with Crippen LogP contribution in [0.1, 0.15) is 31.0 Å². The molecule has 8 nitrogen and oxygen atoms in total. The Hall–Kier alpha value is -2.71. The van der Waals surface area contributed by atoms with Crippen molar-refractivity contribution in [2.75, 3.05) is 0 Å². The van der Waals surface area contributed by atoms with Crippen LogP contribution in [0.25, 0.3) is 0 Å². The third kappa shape index (κ3) is 4.76. The van der Waals surface area contributed by atoms with Crippen molar-refractivity contribution in [3.05, 3.63) is 79.8 Å². The van der Waals surface area contributed by atoms with E-state index in [1.54, 1.807) is 29.9 Å². The number of aromatic nitrogens is 5. The lowest BCUT2D eigenvalue weighted by Crippen LogP contribution is -2.29. The van der Waals surface area contributed by atoms with Gasteiger partial charge in [-0.3, -0.25) is 9.78 Å². The van der Waals surface area contributed by atoms with E-state index in [0.717, 1.165) is 18.5 Å². The third-order valence-corrected chi connectivity index (χ3v) is 4.92. The van der Waals surface area contributed by atoms with Gasteiger partial charge in [0.1, 0.15) is 5.60 Å². The van der Waals surface area contributed by atoms with Gasteiger partial charge in [-0.25, -0.2) is 9.48 Å². The summed E-state index contributed by atoms with van der Waals surface area (Å²) in [6, 6.07) is 8.51. The summed E-state index contributed by atoms with van der Waals surface area (Å²) in [6.07, 6.45) is 5.41. The van der Waals surface area contributed by atoms with Crippen LogP contribution in [0, 0.1) is 0 Å². The first-order chi connectivity index (χ1) is 13.4. The molecule has 0 saturated carbocycles. The number of unbranched alkanes of at least 4 members (excludes halogenated alkanes) is 1. The van der Waals surface area contributed by atoms with Crippen LogP contribution in [0.2, 0.25) is 5.02 Å². The number of aliphatic hydroxyl groups is 1. The average molecular weight is 404 g/mol. The summed E-state index contributed by atoms with van der Waals surface area (Å²) >= 11 is 6.22. The van der Waals surface area contributed by atoms with Gasteiger partial charge in [0.25, 0.3) is 5.56 Å². The summed E-state index contributed by atoms with van der Waals surface area (Å²) in [5, 5.41) is 19.4. The van der Waals surface area contributed by atoms with E-state index in [2.05, 4.69) is 15.3 Å². The molecule has 2 N–H and O–H groups in total. The molecule has 3 aromatic rings. The molecule has 3 rings (SSSR count). The van der Waals surface area contributed by atoms with Crippen LogP contribution in [0.4, 0.5) is 0 Å². The van der Waals surface area contributed by atoms with Gasteiger partial charge in [-0.15, -0.1) is 5.10 Å². The van der Waals surface area contributed by atoms with Gasteiger partial charge in [-0.05, 0) is 32.3 Å². The molecule has 0 saturated heterocycles. The first-order valence-corrected chi connectivity index (χ1v) is 9.39. The van der Waals surface area contributed by atoms with E-state index in [0.29, 0.717) is 23.6 Å². The lowest BCUT2D eigenvalue weighted by atomic mass is 9.96. The molecule has 2 aromatic heterocycles. The molecule has 0 aliphatic rings. The summed E-state index contributed by atoms with van der Waals surface area (Å²) in [4.78, 5) is 25.0. The Balaban J connectivity index is 1.60. The van der Waals surface area contributed by atoms with Crippen LogP contribution < -0.4 is 11.2 Å². The number of H-pyrrole nitrogens is 1. The zero-order valence-corrected chi connectivity index (χ0v) is 16.3. The van der Waals surface area contributed by atoms with E-state index >= 15 is 0 Å². The molecule has 0 bridgehead atoms. The quantitative estimate of drug-likeness (QED) is 0.557. The average Bonchev–Trinajstić information content (AvgIpc) is 3.06. The molecule has 1 aromatic carbocycles. The largest absolute Gasteiger partial charge is 0.383 e. The molecule has 28 heavy (non-hydrogen) atoms. The Labute approximate surface area is 166 Å². The standard InChI is InChI=1S/C19H22ClN5O3/c1-19(28,15-7-2-3-8-16(15)20)13-25-14(12-21-23-25)6-4-5-10-24-11-9-17(26)22-18(24)27/h2-3,7-9,11-12,28H,4-6,10,13H2,1H3,(H,22,26,27)/t19-/m1/s1. The fourth-order valence-electron chi connectivity index (χ4n) is 3.09. The monoisotopic (exact) mass is 403 g/mol. The minimum absolute atomic E-state index is 0.228.